The third-order valence-corrected chi connectivity index (χ3v) is 5.83. The molecule has 0 spiro atoms. The second kappa shape index (κ2) is 10.3. The Labute approximate surface area is 207 Å². The highest BCUT2D eigenvalue weighted by molar-refractivity contribution is 5.84. The van der Waals surface area contributed by atoms with Gasteiger partial charge in [0, 0.05) is 37.0 Å². The normalized spacial score (nSPS) is 14.3. The summed E-state index contributed by atoms with van der Waals surface area (Å²) in [6.07, 6.45) is 5.74. The van der Waals surface area contributed by atoms with Gasteiger partial charge in [-0.3, -0.25) is 9.78 Å². The third-order valence-electron chi connectivity index (χ3n) is 5.83. The number of aromatic nitrogens is 2. The molecule has 3 aromatic rings. The van der Waals surface area contributed by atoms with Gasteiger partial charge in [-0.1, -0.05) is 6.07 Å². The summed E-state index contributed by atoms with van der Waals surface area (Å²) in [6.45, 7) is 3.93. The van der Waals surface area contributed by atoms with Crippen LogP contribution in [0.5, 0.6) is 11.5 Å². The zero-order valence-corrected chi connectivity index (χ0v) is 19.8. The van der Waals surface area contributed by atoms with Crippen molar-refractivity contribution in [2.45, 2.75) is 38.3 Å². The van der Waals surface area contributed by atoms with Gasteiger partial charge in [0.1, 0.15) is 29.0 Å². The Hall–Kier alpha value is -4.10. The van der Waals surface area contributed by atoms with Crippen LogP contribution in [-0.4, -0.2) is 50.6 Å². The molecule has 4 rings (SSSR count). The van der Waals surface area contributed by atoms with Crippen LogP contribution in [0.3, 0.4) is 0 Å². The molecule has 0 radical (unpaired) electrons. The van der Waals surface area contributed by atoms with E-state index in [4.69, 9.17) is 4.74 Å². The zero-order valence-electron chi connectivity index (χ0n) is 19.8. The Balaban J connectivity index is 1.43. The SMILES string of the molecule is CC(C)(O)C(=O)N1CCC(Nc2ncc(Oc3cncc(-c4ccc(F)c(F)c4)c3)cc2C#N)CC1. The van der Waals surface area contributed by atoms with Crippen molar-refractivity contribution in [3.8, 4) is 28.7 Å². The molecule has 1 fully saturated rings. The number of halogens is 2. The molecule has 1 aromatic carbocycles. The Kier molecular flexibility index (Phi) is 7.12. The number of nitrogens with zero attached hydrogens (tertiary/aromatic N) is 4. The summed E-state index contributed by atoms with van der Waals surface area (Å²) in [5, 5.41) is 22.8. The molecule has 3 heterocycles. The molecule has 2 N–H and O–H groups in total. The van der Waals surface area contributed by atoms with E-state index >= 15 is 0 Å². The molecule has 0 saturated carbocycles. The standard InChI is InChI=1S/C26H25F2N5O3/c1-26(2,35)25(34)33-7-5-19(6-8-33)32-24-17(12-29)9-21(15-31-24)36-20-10-18(13-30-14-20)16-3-4-22(27)23(28)11-16/h3-4,9-11,13-15,19,35H,5-8H2,1-2H3,(H,31,32). The van der Waals surface area contributed by atoms with Crippen LogP contribution in [0.4, 0.5) is 14.6 Å². The average Bonchev–Trinajstić information content (AvgIpc) is 2.86. The lowest BCUT2D eigenvalue weighted by Crippen LogP contribution is -2.50. The fraction of sp³-hybridized carbons (Fsp3) is 0.308. The monoisotopic (exact) mass is 493 g/mol. The molecule has 1 aliphatic heterocycles. The molecular weight excluding hydrogens is 468 g/mol. The number of amides is 1. The molecular formula is C26H25F2N5O3. The van der Waals surface area contributed by atoms with E-state index in [1.54, 1.807) is 17.0 Å². The van der Waals surface area contributed by atoms with E-state index in [-0.39, 0.29) is 17.5 Å². The molecule has 0 aliphatic carbocycles. The lowest BCUT2D eigenvalue weighted by Gasteiger charge is -2.35. The maximum absolute atomic E-state index is 13.6. The van der Waals surface area contributed by atoms with E-state index in [9.17, 15) is 23.9 Å². The lowest BCUT2D eigenvalue weighted by atomic mass is 10.0. The van der Waals surface area contributed by atoms with E-state index in [2.05, 4.69) is 21.4 Å². The van der Waals surface area contributed by atoms with Gasteiger partial charge in [-0.05, 0) is 50.5 Å². The summed E-state index contributed by atoms with van der Waals surface area (Å²) < 4.78 is 32.7. The predicted molar refractivity (Wildman–Crippen MR) is 128 cm³/mol. The number of hydrogen-bond acceptors (Lipinski definition) is 7. The van der Waals surface area contributed by atoms with Crippen LogP contribution >= 0.6 is 0 Å². The molecule has 1 amide bonds. The summed E-state index contributed by atoms with van der Waals surface area (Å²) in [5.74, 6) is -1.14. The first-order valence-electron chi connectivity index (χ1n) is 11.4. The number of piperidine rings is 1. The third kappa shape index (κ3) is 5.75. The first-order valence-corrected chi connectivity index (χ1v) is 11.4. The first-order chi connectivity index (χ1) is 17.1. The van der Waals surface area contributed by atoms with Crippen molar-refractivity contribution in [1.82, 2.24) is 14.9 Å². The number of nitriles is 1. The summed E-state index contributed by atoms with van der Waals surface area (Å²) in [6, 6.07) is 8.87. The van der Waals surface area contributed by atoms with Gasteiger partial charge < -0.3 is 20.1 Å². The highest BCUT2D eigenvalue weighted by Crippen LogP contribution is 2.29. The maximum Gasteiger partial charge on any atom is 0.253 e. The second-order valence-electron chi connectivity index (χ2n) is 9.09. The van der Waals surface area contributed by atoms with E-state index < -0.39 is 17.2 Å². The van der Waals surface area contributed by atoms with Gasteiger partial charge in [-0.15, -0.1) is 0 Å². The molecule has 0 atom stereocenters. The van der Waals surface area contributed by atoms with Crippen LogP contribution < -0.4 is 10.1 Å². The van der Waals surface area contributed by atoms with Crippen LogP contribution in [0.25, 0.3) is 11.1 Å². The summed E-state index contributed by atoms with van der Waals surface area (Å²) >= 11 is 0. The molecule has 1 saturated heterocycles. The number of carbonyl (C=O) groups is 1. The smallest absolute Gasteiger partial charge is 0.253 e. The molecule has 0 unspecified atom stereocenters. The largest absolute Gasteiger partial charge is 0.454 e. The van der Waals surface area contributed by atoms with Crippen LogP contribution in [0, 0.1) is 23.0 Å². The highest BCUT2D eigenvalue weighted by atomic mass is 19.2. The van der Waals surface area contributed by atoms with Crippen LogP contribution in [0.2, 0.25) is 0 Å². The van der Waals surface area contributed by atoms with Gasteiger partial charge in [0.15, 0.2) is 11.6 Å². The van der Waals surface area contributed by atoms with Crippen molar-refractivity contribution in [3.63, 3.8) is 0 Å². The Bertz CT molecular complexity index is 1310. The van der Waals surface area contributed by atoms with Crippen LogP contribution in [-0.2, 0) is 4.79 Å². The Morgan fingerprint density at radius 3 is 2.50 bits per heavy atom. The molecule has 1 aliphatic rings. The van der Waals surface area contributed by atoms with E-state index in [0.717, 1.165) is 12.1 Å². The maximum atomic E-state index is 13.6. The minimum absolute atomic E-state index is 0.0132. The molecule has 36 heavy (non-hydrogen) atoms. The molecule has 186 valence electrons. The summed E-state index contributed by atoms with van der Waals surface area (Å²) in [5.41, 5.74) is -0.145. The van der Waals surface area contributed by atoms with E-state index in [0.29, 0.717) is 54.4 Å². The van der Waals surface area contributed by atoms with E-state index in [1.807, 2.05) is 0 Å². The number of ether oxygens (including phenoxy) is 1. The van der Waals surface area contributed by atoms with Gasteiger partial charge in [-0.25, -0.2) is 13.8 Å². The van der Waals surface area contributed by atoms with Crippen LogP contribution in [0.15, 0.2) is 48.9 Å². The van der Waals surface area contributed by atoms with Crippen molar-refractivity contribution in [3.05, 3.63) is 66.1 Å². The number of likely N-dealkylation sites (tertiary alicyclic amines) is 1. The van der Waals surface area contributed by atoms with E-state index in [1.165, 1.54) is 38.5 Å². The minimum Gasteiger partial charge on any atom is -0.454 e. The zero-order chi connectivity index (χ0) is 25.9. The van der Waals surface area contributed by atoms with Gasteiger partial charge >= 0.3 is 0 Å². The van der Waals surface area contributed by atoms with Crippen molar-refractivity contribution in [2.75, 3.05) is 18.4 Å². The van der Waals surface area contributed by atoms with Gasteiger partial charge in [0.05, 0.1) is 18.0 Å². The number of carbonyl (C=O) groups excluding carboxylic acids is 1. The second-order valence-corrected chi connectivity index (χ2v) is 9.09. The van der Waals surface area contributed by atoms with Crippen molar-refractivity contribution >= 4 is 11.7 Å². The number of nitrogens with one attached hydrogen (secondary N) is 1. The highest BCUT2D eigenvalue weighted by Gasteiger charge is 2.32. The first kappa shape index (κ1) is 25.0. The predicted octanol–water partition coefficient (Wildman–Crippen LogP) is 4.26. The molecule has 8 nitrogen and oxygen atoms in total. The number of hydrogen-bond donors (Lipinski definition) is 2. The number of pyridine rings is 2. The van der Waals surface area contributed by atoms with Gasteiger partial charge in [-0.2, -0.15) is 5.26 Å². The number of aliphatic hydroxyl groups is 1. The number of anilines is 1. The minimum atomic E-state index is -1.41. The van der Waals surface area contributed by atoms with Crippen molar-refractivity contribution in [1.29, 1.82) is 5.26 Å². The van der Waals surface area contributed by atoms with Crippen molar-refractivity contribution in [2.24, 2.45) is 0 Å². The molecule has 0 bridgehead atoms. The molecule has 2 aromatic heterocycles. The summed E-state index contributed by atoms with van der Waals surface area (Å²) in [7, 11) is 0. The fourth-order valence-corrected chi connectivity index (χ4v) is 3.95. The van der Waals surface area contributed by atoms with Crippen molar-refractivity contribution < 1.29 is 23.4 Å². The lowest BCUT2D eigenvalue weighted by molar-refractivity contribution is -0.148. The quantitative estimate of drug-likeness (QED) is 0.528. The Morgan fingerprint density at radius 1 is 1.11 bits per heavy atom. The fourth-order valence-electron chi connectivity index (χ4n) is 3.95. The van der Waals surface area contributed by atoms with Gasteiger partial charge in [0.2, 0.25) is 0 Å². The topological polar surface area (TPSA) is 111 Å². The summed E-state index contributed by atoms with van der Waals surface area (Å²) in [4.78, 5) is 22.3. The molecule has 10 heteroatoms. The number of rotatable bonds is 6. The Morgan fingerprint density at radius 2 is 1.83 bits per heavy atom. The van der Waals surface area contributed by atoms with Crippen LogP contribution in [0.1, 0.15) is 32.3 Å². The average molecular weight is 494 g/mol. The van der Waals surface area contributed by atoms with Gasteiger partial charge in [0.25, 0.3) is 5.91 Å². The number of benzene rings is 1.